The zero-order valence-electron chi connectivity index (χ0n) is 13.8. The van der Waals surface area contributed by atoms with Gasteiger partial charge in [-0.15, -0.1) is 0 Å². The topological polar surface area (TPSA) is 69.7 Å². The Hall–Kier alpha value is -1.44. The van der Waals surface area contributed by atoms with Crippen molar-refractivity contribution in [3.05, 3.63) is 29.8 Å². The molecule has 1 amide bonds. The number of carbonyl (C=O) groups is 1. The van der Waals surface area contributed by atoms with Crippen LogP contribution in [0.15, 0.2) is 29.2 Å². The molecule has 0 bridgehead atoms. The average Bonchev–Trinajstić information content (AvgIpc) is 2.74. The van der Waals surface area contributed by atoms with Crippen LogP contribution in [0.4, 0.5) is 0 Å². The van der Waals surface area contributed by atoms with Crippen LogP contribution in [0.3, 0.4) is 0 Å². The predicted molar refractivity (Wildman–Crippen MR) is 89.7 cm³/mol. The summed E-state index contributed by atoms with van der Waals surface area (Å²) in [5, 5.41) is 2.77. The zero-order chi connectivity index (χ0) is 16.9. The van der Waals surface area contributed by atoms with E-state index in [1.165, 1.54) is 4.31 Å². The van der Waals surface area contributed by atoms with Gasteiger partial charge in [-0.1, -0.05) is 17.7 Å². The minimum absolute atomic E-state index is 0.0117. The molecule has 1 aromatic carbocycles. The second-order valence-corrected chi connectivity index (χ2v) is 7.74. The number of sulfonamides is 1. The average molecular weight is 339 g/mol. The van der Waals surface area contributed by atoms with Gasteiger partial charge in [-0.25, -0.2) is 8.42 Å². The number of hydrogen-bond acceptors (Lipinski definition) is 4. The summed E-state index contributed by atoms with van der Waals surface area (Å²) in [6.07, 6.45) is 0.727. The Morgan fingerprint density at radius 1 is 1.13 bits per heavy atom. The van der Waals surface area contributed by atoms with Gasteiger partial charge in [0, 0.05) is 26.2 Å². The predicted octanol–water partition coefficient (Wildman–Crippen LogP) is 0.828. The van der Waals surface area contributed by atoms with Crippen LogP contribution in [0.25, 0.3) is 0 Å². The monoisotopic (exact) mass is 339 g/mol. The summed E-state index contributed by atoms with van der Waals surface area (Å²) in [7, 11) is -3.46. The van der Waals surface area contributed by atoms with Gasteiger partial charge >= 0.3 is 0 Å². The van der Waals surface area contributed by atoms with E-state index in [1.54, 1.807) is 12.1 Å². The lowest BCUT2D eigenvalue weighted by molar-refractivity contribution is -0.122. The summed E-state index contributed by atoms with van der Waals surface area (Å²) < 4.78 is 26.9. The van der Waals surface area contributed by atoms with Gasteiger partial charge in [-0.3, -0.25) is 9.69 Å². The van der Waals surface area contributed by atoms with E-state index in [9.17, 15) is 13.2 Å². The number of benzene rings is 1. The highest BCUT2D eigenvalue weighted by Gasteiger charge is 2.27. The maximum atomic E-state index is 12.7. The second-order valence-electron chi connectivity index (χ2n) is 5.80. The number of rotatable bonds is 5. The smallest absolute Gasteiger partial charge is 0.243 e. The first-order valence-electron chi connectivity index (χ1n) is 7.99. The lowest BCUT2D eigenvalue weighted by Crippen LogP contribution is -2.40. The molecule has 1 aliphatic heterocycles. The second kappa shape index (κ2) is 7.90. The Kier molecular flexibility index (Phi) is 6.15. The van der Waals surface area contributed by atoms with Gasteiger partial charge in [0.1, 0.15) is 0 Å². The lowest BCUT2D eigenvalue weighted by Gasteiger charge is -2.21. The molecule has 0 saturated carbocycles. The van der Waals surface area contributed by atoms with Crippen LogP contribution in [-0.2, 0) is 14.8 Å². The van der Waals surface area contributed by atoms with Gasteiger partial charge in [0.2, 0.25) is 15.9 Å². The van der Waals surface area contributed by atoms with Crippen LogP contribution in [0.2, 0.25) is 0 Å². The standard InChI is InChI=1S/C16H25N3O3S/c1-3-17-16(20)13-18-9-4-10-19(12-11-18)23(21,22)15-7-5-14(2)6-8-15/h5-8H,3-4,9-13H2,1-2H3,(H,17,20). The van der Waals surface area contributed by atoms with E-state index < -0.39 is 10.0 Å². The molecule has 0 unspecified atom stereocenters. The molecule has 7 heteroatoms. The molecule has 0 atom stereocenters. The molecule has 2 rings (SSSR count). The molecule has 0 aliphatic carbocycles. The highest BCUT2D eigenvalue weighted by molar-refractivity contribution is 7.89. The van der Waals surface area contributed by atoms with Crippen LogP contribution in [0.1, 0.15) is 18.9 Å². The fourth-order valence-electron chi connectivity index (χ4n) is 2.66. The third-order valence-corrected chi connectivity index (χ3v) is 5.86. The van der Waals surface area contributed by atoms with Crippen LogP contribution >= 0.6 is 0 Å². The van der Waals surface area contributed by atoms with E-state index in [-0.39, 0.29) is 5.91 Å². The molecule has 1 aliphatic rings. The quantitative estimate of drug-likeness (QED) is 0.863. The summed E-state index contributed by atoms with van der Waals surface area (Å²) in [4.78, 5) is 14.0. The Bertz CT molecular complexity index is 628. The largest absolute Gasteiger partial charge is 0.355 e. The summed E-state index contributed by atoms with van der Waals surface area (Å²) in [5.74, 6) is -0.0117. The number of nitrogens with zero attached hydrogens (tertiary/aromatic N) is 2. The van der Waals surface area contributed by atoms with Crippen LogP contribution < -0.4 is 5.32 Å². The molecule has 1 heterocycles. The van der Waals surface area contributed by atoms with Crippen molar-refractivity contribution in [3.63, 3.8) is 0 Å². The van der Waals surface area contributed by atoms with Crippen molar-refractivity contribution >= 4 is 15.9 Å². The maximum absolute atomic E-state index is 12.7. The van der Waals surface area contributed by atoms with E-state index in [0.717, 1.165) is 18.5 Å². The fraction of sp³-hybridized carbons (Fsp3) is 0.562. The number of nitrogens with one attached hydrogen (secondary N) is 1. The molecule has 0 radical (unpaired) electrons. The van der Waals surface area contributed by atoms with E-state index in [2.05, 4.69) is 5.32 Å². The molecule has 6 nitrogen and oxygen atoms in total. The number of likely N-dealkylation sites (N-methyl/N-ethyl adjacent to an activating group) is 1. The SMILES string of the molecule is CCNC(=O)CN1CCCN(S(=O)(=O)c2ccc(C)cc2)CC1. The summed E-state index contributed by atoms with van der Waals surface area (Å²) in [6, 6.07) is 6.93. The molecule has 23 heavy (non-hydrogen) atoms. The Morgan fingerprint density at radius 2 is 1.83 bits per heavy atom. The van der Waals surface area contributed by atoms with Crippen LogP contribution in [-0.4, -0.2) is 62.8 Å². The number of aryl methyl sites for hydroxylation is 1. The van der Waals surface area contributed by atoms with Gasteiger partial charge in [-0.2, -0.15) is 4.31 Å². The molecule has 128 valence electrons. The molecule has 1 saturated heterocycles. The number of hydrogen-bond donors (Lipinski definition) is 1. The normalized spacial score (nSPS) is 17.7. The molecular formula is C16H25N3O3S. The first-order chi connectivity index (χ1) is 10.9. The minimum atomic E-state index is -3.46. The minimum Gasteiger partial charge on any atom is -0.355 e. The Balaban J connectivity index is 2.02. The highest BCUT2D eigenvalue weighted by Crippen LogP contribution is 2.18. The van der Waals surface area contributed by atoms with Gasteiger partial charge in [0.05, 0.1) is 11.4 Å². The van der Waals surface area contributed by atoms with Crippen molar-refractivity contribution in [1.29, 1.82) is 0 Å². The summed E-state index contributed by atoms with van der Waals surface area (Å²) in [6.45, 7) is 6.96. The first kappa shape index (κ1) is 17.9. The van der Waals surface area contributed by atoms with Gasteiger partial charge in [0.15, 0.2) is 0 Å². The lowest BCUT2D eigenvalue weighted by atomic mass is 10.2. The fourth-order valence-corrected chi connectivity index (χ4v) is 4.13. The summed E-state index contributed by atoms with van der Waals surface area (Å²) >= 11 is 0. The van der Waals surface area contributed by atoms with Crippen LogP contribution in [0, 0.1) is 6.92 Å². The van der Waals surface area contributed by atoms with Crippen molar-refractivity contribution < 1.29 is 13.2 Å². The van der Waals surface area contributed by atoms with E-state index in [0.29, 0.717) is 37.6 Å². The van der Waals surface area contributed by atoms with Crippen LogP contribution in [0.5, 0.6) is 0 Å². The zero-order valence-corrected chi connectivity index (χ0v) is 14.6. The molecule has 1 fully saturated rings. The summed E-state index contributed by atoms with van der Waals surface area (Å²) in [5.41, 5.74) is 1.04. The van der Waals surface area contributed by atoms with E-state index >= 15 is 0 Å². The number of carbonyl (C=O) groups excluding carboxylic acids is 1. The van der Waals surface area contributed by atoms with Crippen molar-refractivity contribution in [3.8, 4) is 0 Å². The van der Waals surface area contributed by atoms with Crippen molar-refractivity contribution in [2.45, 2.75) is 25.2 Å². The first-order valence-corrected chi connectivity index (χ1v) is 9.43. The van der Waals surface area contributed by atoms with Crippen molar-refractivity contribution in [2.75, 3.05) is 39.3 Å². The molecule has 1 N–H and O–H groups in total. The van der Waals surface area contributed by atoms with Gasteiger partial charge < -0.3 is 5.32 Å². The highest BCUT2D eigenvalue weighted by atomic mass is 32.2. The third-order valence-electron chi connectivity index (χ3n) is 3.95. The molecular weight excluding hydrogens is 314 g/mol. The number of amides is 1. The van der Waals surface area contributed by atoms with Gasteiger partial charge in [-0.05, 0) is 38.9 Å². The third kappa shape index (κ3) is 4.76. The van der Waals surface area contributed by atoms with E-state index in [1.807, 2.05) is 30.9 Å². The Morgan fingerprint density at radius 3 is 2.48 bits per heavy atom. The van der Waals surface area contributed by atoms with E-state index in [4.69, 9.17) is 0 Å². The Labute approximate surface area is 138 Å². The van der Waals surface area contributed by atoms with Crippen molar-refractivity contribution in [2.24, 2.45) is 0 Å². The maximum Gasteiger partial charge on any atom is 0.243 e. The molecule has 0 aromatic heterocycles. The molecule has 0 spiro atoms. The van der Waals surface area contributed by atoms with Crippen molar-refractivity contribution in [1.82, 2.24) is 14.5 Å². The van der Waals surface area contributed by atoms with Gasteiger partial charge in [0.25, 0.3) is 0 Å². The molecule has 1 aromatic rings.